The van der Waals surface area contributed by atoms with Gasteiger partial charge in [-0.1, -0.05) is 28.9 Å². The number of nitrogens with one attached hydrogen (secondary N) is 1. The van der Waals surface area contributed by atoms with Crippen LogP contribution in [0.3, 0.4) is 0 Å². The van der Waals surface area contributed by atoms with Gasteiger partial charge in [0.25, 0.3) is 5.91 Å². The fourth-order valence-electron chi connectivity index (χ4n) is 1.76. The zero-order valence-electron chi connectivity index (χ0n) is 12.3. The maximum absolute atomic E-state index is 11.9. The first-order chi connectivity index (χ1) is 10.5. The largest absolute Gasteiger partial charge is 0.350 e. The van der Waals surface area contributed by atoms with Crippen LogP contribution in [0.2, 0.25) is 5.02 Å². The van der Waals surface area contributed by atoms with Crippen LogP contribution in [0.25, 0.3) is 11.3 Å². The van der Waals surface area contributed by atoms with Gasteiger partial charge in [0.2, 0.25) is 11.7 Å². The number of carbonyl (C=O) groups excluding carboxylic acids is 2. The first-order valence-electron chi connectivity index (χ1n) is 6.68. The molecule has 1 N–H and O–H groups in total. The number of carbonyl (C=O) groups is 2. The van der Waals surface area contributed by atoms with Gasteiger partial charge >= 0.3 is 0 Å². The average molecular weight is 322 g/mol. The van der Waals surface area contributed by atoms with Crippen LogP contribution in [0.5, 0.6) is 0 Å². The standard InChI is InChI=1S/C15H16ClN3O3/c1-19(2)14(20)6-7-17-15(21)13-9-12(18-22-13)10-4-3-5-11(16)8-10/h3-5,8-9H,6-7H2,1-2H3,(H,17,21). The monoisotopic (exact) mass is 321 g/mol. The molecule has 0 aliphatic carbocycles. The van der Waals surface area contributed by atoms with Gasteiger partial charge in [0.15, 0.2) is 0 Å². The van der Waals surface area contributed by atoms with Gasteiger partial charge in [-0.05, 0) is 12.1 Å². The zero-order valence-corrected chi connectivity index (χ0v) is 13.1. The molecule has 2 rings (SSSR count). The van der Waals surface area contributed by atoms with Crippen molar-refractivity contribution in [3.05, 3.63) is 41.1 Å². The Labute approximate surface area is 133 Å². The number of aromatic nitrogens is 1. The van der Waals surface area contributed by atoms with E-state index in [2.05, 4.69) is 10.5 Å². The Kier molecular flexibility index (Phi) is 5.16. The van der Waals surface area contributed by atoms with Gasteiger partial charge in [-0.15, -0.1) is 0 Å². The molecule has 0 fully saturated rings. The summed E-state index contributed by atoms with van der Waals surface area (Å²) >= 11 is 5.91. The van der Waals surface area contributed by atoms with Crippen molar-refractivity contribution >= 4 is 23.4 Å². The Balaban J connectivity index is 1.96. The van der Waals surface area contributed by atoms with E-state index < -0.39 is 5.91 Å². The molecule has 1 aromatic heterocycles. The van der Waals surface area contributed by atoms with Crippen molar-refractivity contribution in [3.63, 3.8) is 0 Å². The highest BCUT2D eigenvalue weighted by Crippen LogP contribution is 2.22. The zero-order chi connectivity index (χ0) is 16.1. The van der Waals surface area contributed by atoms with E-state index in [0.717, 1.165) is 5.56 Å². The summed E-state index contributed by atoms with van der Waals surface area (Å²) in [5, 5.41) is 7.04. The summed E-state index contributed by atoms with van der Waals surface area (Å²) in [6, 6.07) is 8.63. The molecule has 0 saturated carbocycles. The smallest absolute Gasteiger partial charge is 0.289 e. The minimum Gasteiger partial charge on any atom is -0.350 e. The van der Waals surface area contributed by atoms with Gasteiger partial charge < -0.3 is 14.7 Å². The van der Waals surface area contributed by atoms with Crippen molar-refractivity contribution in [2.24, 2.45) is 0 Å². The lowest BCUT2D eigenvalue weighted by Gasteiger charge is -2.09. The molecule has 0 atom stereocenters. The van der Waals surface area contributed by atoms with Gasteiger partial charge in [0.05, 0.1) is 0 Å². The van der Waals surface area contributed by atoms with Gasteiger partial charge in [0, 0.05) is 43.7 Å². The maximum Gasteiger partial charge on any atom is 0.289 e. The highest BCUT2D eigenvalue weighted by molar-refractivity contribution is 6.30. The van der Waals surface area contributed by atoms with Crippen LogP contribution in [-0.4, -0.2) is 42.5 Å². The van der Waals surface area contributed by atoms with E-state index in [-0.39, 0.29) is 24.6 Å². The molecular weight excluding hydrogens is 306 g/mol. The van der Waals surface area contributed by atoms with Crippen LogP contribution >= 0.6 is 11.6 Å². The van der Waals surface area contributed by atoms with Gasteiger partial charge in [-0.2, -0.15) is 0 Å². The number of halogens is 1. The van der Waals surface area contributed by atoms with E-state index in [1.54, 1.807) is 32.3 Å². The van der Waals surface area contributed by atoms with Crippen molar-refractivity contribution < 1.29 is 14.1 Å². The predicted molar refractivity (Wildman–Crippen MR) is 82.6 cm³/mol. The lowest BCUT2D eigenvalue weighted by atomic mass is 10.1. The summed E-state index contributed by atoms with van der Waals surface area (Å²) in [4.78, 5) is 24.8. The molecule has 1 heterocycles. The predicted octanol–water partition coefficient (Wildman–Crippen LogP) is 2.20. The minimum atomic E-state index is -0.410. The van der Waals surface area contributed by atoms with E-state index in [9.17, 15) is 9.59 Å². The molecule has 1 aromatic carbocycles. The molecule has 0 unspecified atom stereocenters. The number of hydrogen-bond donors (Lipinski definition) is 1. The first-order valence-corrected chi connectivity index (χ1v) is 7.06. The molecule has 0 aliphatic rings. The Morgan fingerprint density at radius 3 is 2.77 bits per heavy atom. The maximum atomic E-state index is 11.9. The molecule has 2 aromatic rings. The third kappa shape index (κ3) is 4.08. The molecule has 22 heavy (non-hydrogen) atoms. The van der Waals surface area contributed by atoms with Crippen LogP contribution in [0.4, 0.5) is 0 Å². The number of rotatable bonds is 5. The Morgan fingerprint density at radius 2 is 2.09 bits per heavy atom. The van der Waals surface area contributed by atoms with E-state index in [4.69, 9.17) is 16.1 Å². The third-order valence-corrected chi connectivity index (χ3v) is 3.21. The summed E-state index contributed by atoms with van der Waals surface area (Å²) < 4.78 is 5.03. The number of hydrogen-bond acceptors (Lipinski definition) is 4. The summed E-state index contributed by atoms with van der Waals surface area (Å²) in [6.45, 7) is 0.239. The molecule has 0 radical (unpaired) electrons. The highest BCUT2D eigenvalue weighted by Gasteiger charge is 2.14. The van der Waals surface area contributed by atoms with Crippen LogP contribution < -0.4 is 5.32 Å². The lowest BCUT2D eigenvalue weighted by molar-refractivity contribution is -0.128. The number of amides is 2. The van der Waals surface area contributed by atoms with Crippen LogP contribution in [0.1, 0.15) is 17.0 Å². The highest BCUT2D eigenvalue weighted by atomic mass is 35.5. The Morgan fingerprint density at radius 1 is 1.32 bits per heavy atom. The summed E-state index contributed by atoms with van der Waals surface area (Å²) in [6.07, 6.45) is 0.230. The van der Waals surface area contributed by atoms with Crippen molar-refractivity contribution in [2.75, 3.05) is 20.6 Å². The van der Waals surface area contributed by atoms with Gasteiger partial charge in [-0.3, -0.25) is 9.59 Å². The third-order valence-electron chi connectivity index (χ3n) is 2.98. The van der Waals surface area contributed by atoms with E-state index in [1.807, 2.05) is 6.07 Å². The summed E-state index contributed by atoms with van der Waals surface area (Å²) in [5.74, 6) is -0.378. The molecular formula is C15H16ClN3O3. The second kappa shape index (κ2) is 7.09. The fraction of sp³-hybridized carbons (Fsp3) is 0.267. The molecule has 0 spiro atoms. The van der Waals surface area contributed by atoms with Gasteiger partial charge in [0.1, 0.15) is 5.69 Å². The number of nitrogens with zero attached hydrogens (tertiary/aromatic N) is 2. The second-order valence-corrected chi connectivity index (χ2v) is 5.32. The van der Waals surface area contributed by atoms with E-state index in [0.29, 0.717) is 10.7 Å². The average Bonchev–Trinajstić information content (AvgIpc) is 2.96. The van der Waals surface area contributed by atoms with Crippen LogP contribution in [-0.2, 0) is 4.79 Å². The molecule has 7 heteroatoms. The van der Waals surface area contributed by atoms with Crippen LogP contribution in [0.15, 0.2) is 34.9 Å². The summed E-state index contributed by atoms with van der Waals surface area (Å²) in [7, 11) is 3.33. The molecule has 6 nitrogen and oxygen atoms in total. The van der Waals surface area contributed by atoms with Gasteiger partial charge in [-0.25, -0.2) is 0 Å². The van der Waals surface area contributed by atoms with E-state index in [1.165, 1.54) is 11.0 Å². The molecule has 0 aliphatic heterocycles. The Bertz CT molecular complexity index is 682. The lowest BCUT2D eigenvalue weighted by Crippen LogP contribution is -2.29. The molecule has 116 valence electrons. The first kappa shape index (κ1) is 16.0. The number of benzene rings is 1. The minimum absolute atomic E-state index is 0.0579. The Hall–Kier alpha value is -2.34. The molecule has 0 saturated heterocycles. The SMILES string of the molecule is CN(C)C(=O)CCNC(=O)c1cc(-c2cccc(Cl)c2)no1. The van der Waals surface area contributed by atoms with Crippen molar-refractivity contribution in [1.29, 1.82) is 0 Å². The fourth-order valence-corrected chi connectivity index (χ4v) is 1.95. The van der Waals surface area contributed by atoms with E-state index >= 15 is 0 Å². The second-order valence-electron chi connectivity index (χ2n) is 4.88. The van der Waals surface area contributed by atoms with Crippen molar-refractivity contribution in [1.82, 2.24) is 15.4 Å². The topological polar surface area (TPSA) is 75.4 Å². The summed E-state index contributed by atoms with van der Waals surface area (Å²) in [5.41, 5.74) is 1.29. The van der Waals surface area contributed by atoms with Crippen LogP contribution in [0, 0.1) is 0 Å². The quantitative estimate of drug-likeness (QED) is 0.916. The van der Waals surface area contributed by atoms with Crippen molar-refractivity contribution in [3.8, 4) is 11.3 Å². The van der Waals surface area contributed by atoms with Crippen molar-refractivity contribution in [2.45, 2.75) is 6.42 Å². The normalized spacial score (nSPS) is 10.3. The molecule has 0 bridgehead atoms. The molecule has 2 amide bonds.